The lowest BCUT2D eigenvalue weighted by molar-refractivity contribution is -0.0613. The van der Waals surface area contributed by atoms with Crippen molar-refractivity contribution in [1.29, 1.82) is 0 Å². The van der Waals surface area contributed by atoms with Crippen LogP contribution in [0.1, 0.15) is 41.5 Å². The fourth-order valence-electron chi connectivity index (χ4n) is 1.82. The molecule has 4 nitrogen and oxygen atoms in total. The van der Waals surface area contributed by atoms with Crippen LogP contribution in [0, 0.1) is 0 Å². The van der Waals surface area contributed by atoms with Crippen molar-refractivity contribution in [3.05, 3.63) is 12.2 Å². The minimum atomic E-state index is -0.647. The van der Waals surface area contributed by atoms with Gasteiger partial charge in [0.1, 0.15) is 11.3 Å². The van der Waals surface area contributed by atoms with E-state index in [0.717, 1.165) is 5.57 Å². The van der Waals surface area contributed by atoms with Crippen LogP contribution < -0.4 is 0 Å². The van der Waals surface area contributed by atoms with Crippen molar-refractivity contribution in [2.24, 2.45) is 0 Å². The van der Waals surface area contributed by atoms with E-state index in [-0.39, 0.29) is 12.1 Å². The van der Waals surface area contributed by atoms with Crippen molar-refractivity contribution in [3.63, 3.8) is 0 Å². The van der Waals surface area contributed by atoms with Gasteiger partial charge in [0.05, 0.1) is 12.6 Å². The van der Waals surface area contributed by atoms with E-state index in [1.165, 1.54) is 0 Å². The zero-order valence-electron chi connectivity index (χ0n) is 11.7. The lowest BCUT2D eigenvalue weighted by Crippen LogP contribution is -2.50. The molecule has 0 saturated carbocycles. The number of nitrogens with zero attached hydrogens (tertiary/aromatic N) is 1. The first kappa shape index (κ1) is 14.0. The fraction of sp³-hybridized carbons (Fsp3) is 0.769. The highest BCUT2D eigenvalue weighted by Crippen LogP contribution is 2.31. The summed E-state index contributed by atoms with van der Waals surface area (Å²) >= 11 is 0. The summed E-state index contributed by atoms with van der Waals surface area (Å²) in [5, 5.41) is 0. The molecule has 1 rings (SSSR count). The van der Waals surface area contributed by atoms with Gasteiger partial charge in [-0.3, -0.25) is 4.90 Å². The summed E-state index contributed by atoms with van der Waals surface area (Å²) < 4.78 is 11.0. The van der Waals surface area contributed by atoms with Crippen molar-refractivity contribution in [2.75, 3.05) is 6.61 Å². The van der Waals surface area contributed by atoms with Crippen LogP contribution in [0.4, 0.5) is 4.79 Å². The second-order valence-electron chi connectivity index (χ2n) is 5.97. The molecular formula is C13H23NO3. The Kier molecular flexibility index (Phi) is 3.58. The Hall–Kier alpha value is -1.03. The second kappa shape index (κ2) is 4.33. The molecule has 1 heterocycles. The maximum atomic E-state index is 12.2. The monoisotopic (exact) mass is 241 g/mol. The van der Waals surface area contributed by atoms with Gasteiger partial charge in [-0.1, -0.05) is 12.2 Å². The van der Waals surface area contributed by atoms with E-state index in [4.69, 9.17) is 9.47 Å². The van der Waals surface area contributed by atoms with E-state index in [1.807, 2.05) is 41.5 Å². The van der Waals surface area contributed by atoms with Crippen LogP contribution in [-0.2, 0) is 9.47 Å². The molecule has 17 heavy (non-hydrogen) atoms. The maximum Gasteiger partial charge on any atom is 0.413 e. The Morgan fingerprint density at radius 1 is 1.47 bits per heavy atom. The first-order valence-electron chi connectivity index (χ1n) is 5.86. The van der Waals surface area contributed by atoms with Gasteiger partial charge in [0, 0.05) is 0 Å². The van der Waals surface area contributed by atoms with Gasteiger partial charge < -0.3 is 9.47 Å². The van der Waals surface area contributed by atoms with Gasteiger partial charge in [-0.15, -0.1) is 0 Å². The van der Waals surface area contributed by atoms with E-state index in [0.29, 0.717) is 6.61 Å². The van der Waals surface area contributed by atoms with E-state index >= 15 is 0 Å². The molecule has 0 bridgehead atoms. The van der Waals surface area contributed by atoms with Crippen LogP contribution in [0.3, 0.4) is 0 Å². The molecule has 0 aromatic rings. The zero-order chi connectivity index (χ0) is 13.4. The minimum absolute atomic E-state index is 0.111. The Morgan fingerprint density at radius 3 is 2.41 bits per heavy atom. The topological polar surface area (TPSA) is 38.8 Å². The molecule has 0 aromatic carbocycles. The van der Waals surface area contributed by atoms with Crippen LogP contribution in [0.2, 0.25) is 0 Å². The zero-order valence-corrected chi connectivity index (χ0v) is 11.7. The van der Waals surface area contributed by atoms with Gasteiger partial charge in [0.25, 0.3) is 0 Å². The van der Waals surface area contributed by atoms with Gasteiger partial charge in [-0.25, -0.2) is 4.79 Å². The number of carbonyl (C=O) groups is 1. The third-order valence-electron chi connectivity index (χ3n) is 2.65. The lowest BCUT2D eigenvalue weighted by atomic mass is 10.1. The maximum absolute atomic E-state index is 12.2. The Morgan fingerprint density at radius 2 is 2.00 bits per heavy atom. The molecule has 0 aliphatic carbocycles. The van der Waals surface area contributed by atoms with Gasteiger partial charge in [-0.05, 0) is 41.5 Å². The normalized spacial score (nSPS) is 23.6. The van der Waals surface area contributed by atoms with E-state index in [2.05, 4.69) is 6.58 Å². The molecule has 1 atom stereocenters. The number of ether oxygens (including phenoxy) is 2. The van der Waals surface area contributed by atoms with Crippen molar-refractivity contribution in [1.82, 2.24) is 4.90 Å². The smallest absolute Gasteiger partial charge is 0.413 e. The molecule has 1 saturated heterocycles. The summed E-state index contributed by atoms with van der Waals surface area (Å²) in [7, 11) is 0. The summed E-state index contributed by atoms with van der Waals surface area (Å²) in [4.78, 5) is 13.8. The molecule has 1 aliphatic rings. The predicted octanol–water partition coefficient (Wildman–Crippen LogP) is 2.93. The number of hydrogen-bond donors (Lipinski definition) is 0. The first-order valence-corrected chi connectivity index (χ1v) is 5.86. The summed E-state index contributed by atoms with van der Waals surface area (Å²) in [6, 6.07) is -0.111. The van der Waals surface area contributed by atoms with Crippen LogP contribution in [-0.4, -0.2) is 35.0 Å². The van der Waals surface area contributed by atoms with E-state index < -0.39 is 11.3 Å². The average molecular weight is 241 g/mol. The molecular weight excluding hydrogens is 218 g/mol. The molecule has 1 unspecified atom stereocenters. The fourth-order valence-corrected chi connectivity index (χ4v) is 1.82. The van der Waals surface area contributed by atoms with Crippen molar-refractivity contribution >= 4 is 6.09 Å². The summed E-state index contributed by atoms with van der Waals surface area (Å²) in [6.45, 7) is 15.5. The predicted molar refractivity (Wildman–Crippen MR) is 66.7 cm³/mol. The number of amides is 1. The molecule has 1 aliphatic heterocycles. The highest BCUT2D eigenvalue weighted by atomic mass is 16.6. The van der Waals surface area contributed by atoms with Crippen LogP contribution in [0.15, 0.2) is 12.2 Å². The Balaban J connectivity index is 2.90. The van der Waals surface area contributed by atoms with Crippen LogP contribution in [0.5, 0.6) is 0 Å². The molecule has 0 radical (unpaired) electrons. The summed E-state index contributed by atoms with van der Waals surface area (Å²) in [5.74, 6) is 0. The first-order chi connectivity index (χ1) is 7.54. The van der Waals surface area contributed by atoms with Gasteiger partial charge in [0.15, 0.2) is 0 Å². The standard InChI is InChI=1S/C13H23NO3/c1-9(2)10-8-16-13(6,7)14(10)11(15)17-12(3,4)5/h10H,1,8H2,2-7H3. The van der Waals surface area contributed by atoms with Crippen molar-refractivity contribution in [3.8, 4) is 0 Å². The SMILES string of the molecule is C=C(C)C1COC(C)(C)N1C(=O)OC(C)(C)C. The molecule has 0 spiro atoms. The highest BCUT2D eigenvalue weighted by molar-refractivity contribution is 5.70. The summed E-state index contributed by atoms with van der Waals surface area (Å²) in [6.07, 6.45) is -0.354. The summed E-state index contributed by atoms with van der Waals surface area (Å²) in [5.41, 5.74) is -0.247. The molecule has 1 amide bonds. The van der Waals surface area contributed by atoms with Crippen molar-refractivity contribution in [2.45, 2.75) is 58.9 Å². The molecule has 0 aromatic heterocycles. The quantitative estimate of drug-likeness (QED) is 0.662. The average Bonchev–Trinajstić information content (AvgIpc) is 2.37. The molecule has 98 valence electrons. The van der Waals surface area contributed by atoms with E-state index in [1.54, 1.807) is 4.90 Å². The Labute approximate surface area is 104 Å². The molecule has 1 fully saturated rings. The lowest BCUT2D eigenvalue weighted by Gasteiger charge is -2.35. The molecule has 0 N–H and O–H groups in total. The van der Waals surface area contributed by atoms with Crippen molar-refractivity contribution < 1.29 is 14.3 Å². The van der Waals surface area contributed by atoms with Gasteiger partial charge >= 0.3 is 6.09 Å². The third kappa shape index (κ3) is 3.22. The van der Waals surface area contributed by atoms with Crippen LogP contribution in [0.25, 0.3) is 0 Å². The largest absolute Gasteiger partial charge is 0.444 e. The molecule has 4 heteroatoms. The number of rotatable bonds is 1. The van der Waals surface area contributed by atoms with Crippen LogP contribution >= 0.6 is 0 Å². The second-order valence-corrected chi connectivity index (χ2v) is 5.97. The Bertz CT molecular complexity index is 328. The minimum Gasteiger partial charge on any atom is -0.444 e. The number of carbonyl (C=O) groups excluding carboxylic acids is 1. The highest BCUT2D eigenvalue weighted by Gasteiger charge is 2.45. The van der Waals surface area contributed by atoms with E-state index in [9.17, 15) is 4.79 Å². The number of hydrogen-bond acceptors (Lipinski definition) is 3. The van der Waals surface area contributed by atoms with Gasteiger partial charge in [-0.2, -0.15) is 0 Å². The van der Waals surface area contributed by atoms with Gasteiger partial charge in [0.2, 0.25) is 0 Å². The third-order valence-corrected chi connectivity index (χ3v) is 2.65.